The highest BCUT2D eigenvalue weighted by Gasteiger charge is 1.94. The number of nitrogens with one attached hydrogen (secondary N) is 1. The van der Waals surface area contributed by atoms with Gasteiger partial charge < -0.3 is 4.72 Å². The minimum absolute atomic E-state index is 0.481. The van der Waals surface area contributed by atoms with E-state index in [2.05, 4.69) is 36.6 Å². The van der Waals surface area contributed by atoms with Gasteiger partial charge in [0.25, 0.3) is 0 Å². The number of benzene rings is 1. The summed E-state index contributed by atoms with van der Waals surface area (Å²) in [6.45, 7) is 4.17. The van der Waals surface area contributed by atoms with Crippen LogP contribution in [0.2, 0.25) is 0 Å². The van der Waals surface area contributed by atoms with Gasteiger partial charge in [0.15, 0.2) is 0 Å². The number of anilines is 1. The normalized spacial score (nSPS) is 12.6. The maximum Gasteiger partial charge on any atom is 0.0449 e. The van der Waals surface area contributed by atoms with Crippen LogP contribution in [-0.4, -0.2) is 5.87 Å². The first-order valence-corrected chi connectivity index (χ1v) is 5.17. The minimum Gasteiger partial charge on any atom is -0.324 e. The molecule has 1 rings (SSSR count). The van der Waals surface area contributed by atoms with Crippen LogP contribution in [0.1, 0.15) is 11.1 Å². The van der Waals surface area contributed by atoms with Gasteiger partial charge in [0.05, 0.1) is 0 Å². The molecule has 0 saturated carbocycles. The summed E-state index contributed by atoms with van der Waals surface area (Å²) in [7, 11) is -0.481. The highest BCUT2D eigenvalue weighted by Crippen LogP contribution is 2.16. The third-order valence-electron chi connectivity index (χ3n) is 1.76. The van der Waals surface area contributed by atoms with Gasteiger partial charge in [-0.25, -0.2) is 0 Å². The van der Waals surface area contributed by atoms with Crippen molar-refractivity contribution in [2.45, 2.75) is 13.8 Å². The predicted molar refractivity (Wildman–Crippen MR) is 58.4 cm³/mol. The molecule has 2 nitrogen and oxygen atoms in total. The summed E-state index contributed by atoms with van der Waals surface area (Å²) in [5.74, 6) is 3.68. The van der Waals surface area contributed by atoms with E-state index >= 15 is 0 Å². The number of hydrogen-bond donors (Lipinski definition) is 2. The van der Waals surface area contributed by atoms with Gasteiger partial charge in [0, 0.05) is 5.69 Å². The molecule has 1 aromatic carbocycles. The van der Waals surface area contributed by atoms with Gasteiger partial charge in [-0.2, -0.15) is 0 Å². The zero-order valence-corrected chi connectivity index (χ0v) is 8.24. The van der Waals surface area contributed by atoms with Gasteiger partial charge in [-0.15, -0.1) is 0 Å². The second-order valence-electron chi connectivity index (χ2n) is 2.83. The Labute approximate surface area is 76.0 Å². The molecule has 0 spiro atoms. The Kier molecular flexibility index (Phi) is 2.89. The molecule has 0 fully saturated rings. The van der Waals surface area contributed by atoms with Crippen molar-refractivity contribution in [2.75, 3.05) is 4.72 Å². The smallest absolute Gasteiger partial charge is 0.0449 e. The molecule has 0 aliphatic rings. The Bertz CT molecular complexity index is 307. The van der Waals surface area contributed by atoms with Crippen LogP contribution in [0.25, 0.3) is 0 Å². The average Bonchev–Trinajstić information content (AvgIpc) is 1.96. The SMILES string of the molecule is C=S(N)Nc1ccc(C)c(C)c1. The van der Waals surface area contributed by atoms with Crippen molar-refractivity contribution in [2.24, 2.45) is 5.14 Å². The quantitative estimate of drug-likeness (QED) is 0.688. The lowest BCUT2D eigenvalue weighted by atomic mass is 10.1. The maximum absolute atomic E-state index is 5.52. The monoisotopic (exact) mass is 182 g/mol. The number of nitrogens with two attached hydrogens (primary N) is 1. The Morgan fingerprint density at radius 1 is 1.33 bits per heavy atom. The van der Waals surface area contributed by atoms with Crippen LogP contribution >= 0.6 is 10.9 Å². The van der Waals surface area contributed by atoms with Gasteiger partial charge in [0.2, 0.25) is 0 Å². The zero-order chi connectivity index (χ0) is 9.14. The molecule has 12 heavy (non-hydrogen) atoms. The first-order chi connectivity index (χ1) is 5.59. The van der Waals surface area contributed by atoms with Gasteiger partial charge in [-0.05, 0) is 53.8 Å². The molecule has 3 heteroatoms. The van der Waals surface area contributed by atoms with Crippen LogP contribution in [0.5, 0.6) is 0 Å². The molecular weight excluding hydrogens is 168 g/mol. The van der Waals surface area contributed by atoms with Crippen molar-refractivity contribution in [1.29, 1.82) is 0 Å². The maximum atomic E-state index is 5.52. The molecule has 1 unspecified atom stereocenters. The number of hydrogen-bond acceptors (Lipinski definition) is 2. The molecule has 0 saturated heterocycles. The zero-order valence-electron chi connectivity index (χ0n) is 7.42. The van der Waals surface area contributed by atoms with Crippen LogP contribution < -0.4 is 9.86 Å². The van der Waals surface area contributed by atoms with Gasteiger partial charge in [-0.1, -0.05) is 6.07 Å². The number of aryl methyl sites for hydroxylation is 2. The van der Waals surface area contributed by atoms with Crippen molar-refractivity contribution in [3.8, 4) is 0 Å². The van der Waals surface area contributed by atoms with Gasteiger partial charge in [-0.3, -0.25) is 5.14 Å². The average molecular weight is 182 g/mol. The fourth-order valence-corrected chi connectivity index (χ4v) is 1.39. The first-order valence-electron chi connectivity index (χ1n) is 3.72. The molecular formula is C9H14N2S. The fraction of sp³-hybridized carbons (Fsp3) is 0.222. The van der Waals surface area contributed by atoms with Crippen molar-refractivity contribution >= 4 is 22.4 Å². The summed E-state index contributed by atoms with van der Waals surface area (Å²) in [5.41, 5.74) is 3.60. The molecule has 1 atom stereocenters. The summed E-state index contributed by atoms with van der Waals surface area (Å²) in [5, 5.41) is 5.52. The summed E-state index contributed by atoms with van der Waals surface area (Å²) >= 11 is 0. The van der Waals surface area contributed by atoms with E-state index in [1.807, 2.05) is 6.07 Å². The van der Waals surface area contributed by atoms with Gasteiger partial charge in [0.1, 0.15) is 0 Å². The first kappa shape index (κ1) is 9.29. The summed E-state index contributed by atoms with van der Waals surface area (Å²) in [4.78, 5) is 0. The standard InChI is InChI=1S/C9H14N2S/c1-7-4-5-9(6-8(7)2)11-12(3)10/h4-6,11H,3,10H2,1-2H3. The molecule has 3 N–H and O–H groups in total. The van der Waals surface area contributed by atoms with E-state index in [1.165, 1.54) is 11.1 Å². The third-order valence-corrected chi connectivity index (χ3v) is 2.25. The lowest BCUT2D eigenvalue weighted by Crippen LogP contribution is -1.97. The summed E-state index contributed by atoms with van der Waals surface area (Å²) in [6, 6.07) is 6.16. The van der Waals surface area contributed by atoms with Crippen molar-refractivity contribution in [1.82, 2.24) is 0 Å². The molecule has 0 amide bonds. The highest BCUT2D eigenvalue weighted by molar-refractivity contribution is 8.13. The Morgan fingerprint density at radius 3 is 2.50 bits per heavy atom. The topological polar surface area (TPSA) is 38.0 Å². The highest BCUT2D eigenvalue weighted by atomic mass is 32.2. The molecule has 0 aliphatic heterocycles. The van der Waals surface area contributed by atoms with E-state index < -0.39 is 10.9 Å². The van der Waals surface area contributed by atoms with E-state index in [9.17, 15) is 0 Å². The molecule has 0 heterocycles. The molecule has 1 aromatic rings. The molecule has 66 valence electrons. The number of rotatable bonds is 2. The van der Waals surface area contributed by atoms with E-state index in [-0.39, 0.29) is 0 Å². The Balaban J connectivity index is 2.89. The minimum atomic E-state index is -0.481. The van der Waals surface area contributed by atoms with Crippen molar-refractivity contribution < 1.29 is 0 Å². The summed E-state index contributed by atoms with van der Waals surface area (Å²) < 4.78 is 3.07. The van der Waals surface area contributed by atoms with Crippen LogP contribution in [-0.2, 0) is 0 Å². The van der Waals surface area contributed by atoms with E-state index in [0.717, 1.165) is 5.69 Å². The van der Waals surface area contributed by atoms with Crippen molar-refractivity contribution in [3.63, 3.8) is 0 Å². The predicted octanol–water partition coefficient (Wildman–Crippen LogP) is 2.20. The van der Waals surface area contributed by atoms with Crippen LogP contribution in [0, 0.1) is 13.8 Å². The molecule has 0 aromatic heterocycles. The Morgan fingerprint density at radius 2 is 2.00 bits per heavy atom. The fourth-order valence-electron chi connectivity index (χ4n) is 0.956. The second-order valence-corrected chi connectivity index (χ2v) is 3.89. The Hall–Kier alpha value is -0.800. The molecule has 0 bridgehead atoms. The van der Waals surface area contributed by atoms with Crippen LogP contribution in [0.4, 0.5) is 5.69 Å². The lowest BCUT2D eigenvalue weighted by Gasteiger charge is -2.07. The summed E-state index contributed by atoms with van der Waals surface area (Å²) in [6.07, 6.45) is 0. The van der Waals surface area contributed by atoms with Crippen LogP contribution in [0.3, 0.4) is 0 Å². The molecule has 0 radical (unpaired) electrons. The van der Waals surface area contributed by atoms with Crippen LogP contribution in [0.15, 0.2) is 18.2 Å². The van der Waals surface area contributed by atoms with E-state index in [4.69, 9.17) is 5.14 Å². The lowest BCUT2D eigenvalue weighted by molar-refractivity contribution is 1.34. The van der Waals surface area contributed by atoms with Crippen molar-refractivity contribution in [3.05, 3.63) is 29.3 Å². The van der Waals surface area contributed by atoms with Gasteiger partial charge >= 0.3 is 0 Å². The molecule has 0 aliphatic carbocycles. The third kappa shape index (κ3) is 2.36. The van der Waals surface area contributed by atoms with E-state index in [1.54, 1.807) is 0 Å². The second kappa shape index (κ2) is 3.74. The van der Waals surface area contributed by atoms with E-state index in [0.29, 0.717) is 0 Å². The largest absolute Gasteiger partial charge is 0.324 e.